The van der Waals surface area contributed by atoms with Gasteiger partial charge in [-0.25, -0.2) is 5.84 Å². The van der Waals surface area contributed by atoms with E-state index in [0.717, 1.165) is 19.6 Å². The fourth-order valence-corrected chi connectivity index (χ4v) is 1.24. The molecular formula is C8H16N2O4. The highest BCUT2D eigenvalue weighted by Gasteiger charge is 2.15. The van der Waals surface area contributed by atoms with Gasteiger partial charge in [0.05, 0.1) is 26.2 Å². The Morgan fingerprint density at radius 2 is 2.50 bits per heavy atom. The van der Waals surface area contributed by atoms with Crippen molar-refractivity contribution in [3.63, 3.8) is 0 Å². The molecule has 0 aromatic rings. The maximum atomic E-state index is 10.8. The smallest absolute Gasteiger partial charge is 0.328 e. The lowest BCUT2D eigenvalue weighted by molar-refractivity contribution is -0.152. The van der Waals surface area contributed by atoms with Gasteiger partial charge in [-0.05, 0) is 6.42 Å². The van der Waals surface area contributed by atoms with E-state index in [2.05, 4.69) is 4.84 Å². The number of hydrazine groups is 1. The van der Waals surface area contributed by atoms with Crippen LogP contribution >= 0.6 is 0 Å². The summed E-state index contributed by atoms with van der Waals surface area (Å²) in [5.74, 6) is 4.83. The van der Waals surface area contributed by atoms with E-state index in [4.69, 9.17) is 15.3 Å². The molecular weight excluding hydrogens is 188 g/mol. The second-order valence-corrected chi connectivity index (χ2v) is 3.15. The summed E-state index contributed by atoms with van der Waals surface area (Å²) >= 11 is 0. The predicted molar refractivity (Wildman–Crippen MR) is 47.8 cm³/mol. The van der Waals surface area contributed by atoms with Crippen molar-refractivity contribution in [1.82, 2.24) is 5.59 Å². The van der Waals surface area contributed by atoms with E-state index >= 15 is 0 Å². The number of nitrogens with two attached hydrogens (primary N) is 1. The molecule has 3 N–H and O–H groups in total. The number of ether oxygens (including phenoxy) is 2. The molecule has 1 saturated heterocycles. The first-order chi connectivity index (χ1) is 6.83. The van der Waals surface area contributed by atoms with Crippen LogP contribution in [-0.2, 0) is 19.1 Å². The summed E-state index contributed by atoms with van der Waals surface area (Å²) in [5, 5.41) is 0. The van der Waals surface area contributed by atoms with Crippen molar-refractivity contribution < 1.29 is 19.1 Å². The minimum Gasteiger partial charge on any atom is -0.381 e. The molecule has 82 valence electrons. The Hall–Kier alpha value is -0.690. The summed E-state index contributed by atoms with van der Waals surface area (Å²) in [7, 11) is 0. The minimum atomic E-state index is -0.421. The zero-order valence-electron chi connectivity index (χ0n) is 8.03. The van der Waals surface area contributed by atoms with Crippen molar-refractivity contribution in [2.45, 2.75) is 12.8 Å². The average Bonchev–Trinajstić information content (AvgIpc) is 2.65. The summed E-state index contributed by atoms with van der Waals surface area (Å²) in [6.07, 6.45) is 1.24. The van der Waals surface area contributed by atoms with Crippen molar-refractivity contribution in [2.24, 2.45) is 11.8 Å². The van der Waals surface area contributed by atoms with Crippen molar-refractivity contribution in [3.8, 4) is 0 Å². The van der Waals surface area contributed by atoms with Gasteiger partial charge in [0.25, 0.3) is 0 Å². The number of carbonyl (C=O) groups excluding carboxylic acids is 1. The van der Waals surface area contributed by atoms with Crippen LogP contribution in [0.4, 0.5) is 0 Å². The molecule has 0 aromatic heterocycles. The van der Waals surface area contributed by atoms with Crippen LogP contribution in [0.3, 0.4) is 0 Å². The molecule has 14 heavy (non-hydrogen) atoms. The molecule has 0 spiro atoms. The van der Waals surface area contributed by atoms with Crippen molar-refractivity contribution >= 4 is 5.97 Å². The molecule has 1 unspecified atom stereocenters. The van der Waals surface area contributed by atoms with Crippen molar-refractivity contribution in [2.75, 3.05) is 26.4 Å². The molecule has 0 saturated carbocycles. The number of nitrogens with one attached hydrogen (secondary N) is 1. The van der Waals surface area contributed by atoms with E-state index < -0.39 is 5.97 Å². The number of rotatable bonds is 6. The summed E-state index contributed by atoms with van der Waals surface area (Å²) in [6, 6.07) is 0. The molecule has 6 heteroatoms. The Balaban J connectivity index is 1.90. The first-order valence-electron chi connectivity index (χ1n) is 4.63. The van der Waals surface area contributed by atoms with Crippen LogP contribution in [0.5, 0.6) is 0 Å². The van der Waals surface area contributed by atoms with Crippen LogP contribution in [0.15, 0.2) is 0 Å². The molecule has 6 nitrogen and oxygen atoms in total. The van der Waals surface area contributed by atoms with Crippen molar-refractivity contribution in [3.05, 3.63) is 0 Å². The quantitative estimate of drug-likeness (QED) is 0.340. The van der Waals surface area contributed by atoms with Crippen LogP contribution in [0.25, 0.3) is 0 Å². The summed E-state index contributed by atoms with van der Waals surface area (Å²) in [6.45, 7) is 2.57. The second-order valence-electron chi connectivity index (χ2n) is 3.15. The molecule has 1 aliphatic rings. The molecule has 1 heterocycles. The highest BCUT2D eigenvalue weighted by atomic mass is 16.7. The molecule has 0 aliphatic carbocycles. The monoisotopic (exact) mass is 204 g/mol. The van der Waals surface area contributed by atoms with Crippen molar-refractivity contribution in [1.29, 1.82) is 0 Å². The van der Waals surface area contributed by atoms with Gasteiger partial charge in [-0.2, -0.15) is 0 Å². The third-order valence-corrected chi connectivity index (χ3v) is 2.00. The largest absolute Gasteiger partial charge is 0.381 e. The van der Waals surface area contributed by atoms with Gasteiger partial charge in [-0.1, -0.05) is 5.59 Å². The maximum Gasteiger partial charge on any atom is 0.328 e. The summed E-state index contributed by atoms with van der Waals surface area (Å²) in [5.41, 5.74) is 1.82. The van der Waals surface area contributed by atoms with E-state index in [1.54, 1.807) is 0 Å². The van der Waals surface area contributed by atoms with Gasteiger partial charge in [-0.15, -0.1) is 0 Å². The predicted octanol–water partition coefficient (Wildman–Crippen LogP) is -0.649. The molecule has 0 radical (unpaired) electrons. The van der Waals surface area contributed by atoms with Crippen LogP contribution in [0, 0.1) is 5.92 Å². The van der Waals surface area contributed by atoms with E-state index in [1.807, 2.05) is 5.59 Å². The van der Waals surface area contributed by atoms with Crippen LogP contribution < -0.4 is 11.4 Å². The van der Waals surface area contributed by atoms with Gasteiger partial charge in [0.15, 0.2) is 0 Å². The second kappa shape index (κ2) is 6.72. The molecule has 0 aromatic carbocycles. The minimum absolute atomic E-state index is 0.206. The van der Waals surface area contributed by atoms with Gasteiger partial charge < -0.3 is 14.3 Å². The maximum absolute atomic E-state index is 10.8. The Morgan fingerprint density at radius 1 is 1.64 bits per heavy atom. The first kappa shape index (κ1) is 11.4. The van der Waals surface area contributed by atoms with E-state index in [9.17, 15) is 4.79 Å². The number of hydrogen-bond acceptors (Lipinski definition) is 6. The SMILES string of the molecule is NNOC(=O)CCOCC1CCOC1. The highest BCUT2D eigenvalue weighted by molar-refractivity contribution is 5.69. The van der Waals surface area contributed by atoms with Crippen LogP contribution in [-0.4, -0.2) is 32.4 Å². The molecule has 1 atom stereocenters. The van der Waals surface area contributed by atoms with Gasteiger partial charge in [0.2, 0.25) is 0 Å². The third-order valence-electron chi connectivity index (χ3n) is 2.00. The lowest BCUT2D eigenvalue weighted by Gasteiger charge is -2.07. The van der Waals surface area contributed by atoms with Crippen LogP contribution in [0.1, 0.15) is 12.8 Å². The fourth-order valence-electron chi connectivity index (χ4n) is 1.24. The third kappa shape index (κ3) is 4.52. The van der Waals surface area contributed by atoms with Gasteiger partial charge in [0, 0.05) is 12.5 Å². The lowest BCUT2D eigenvalue weighted by Crippen LogP contribution is -2.26. The average molecular weight is 204 g/mol. The Kier molecular flexibility index (Phi) is 5.46. The molecule has 1 rings (SSSR count). The lowest BCUT2D eigenvalue weighted by atomic mass is 10.1. The standard InChI is InChI=1S/C8H16N2O4/c9-10-14-8(11)2-4-13-6-7-1-3-12-5-7/h7,10H,1-6,9H2. The number of hydrogen-bond donors (Lipinski definition) is 2. The Labute approximate surface area is 82.6 Å². The first-order valence-corrected chi connectivity index (χ1v) is 4.63. The van der Waals surface area contributed by atoms with Gasteiger partial charge >= 0.3 is 5.97 Å². The van der Waals surface area contributed by atoms with Gasteiger partial charge in [0.1, 0.15) is 0 Å². The molecule has 1 fully saturated rings. The fraction of sp³-hybridized carbons (Fsp3) is 0.875. The topological polar surface area (TPSA) is 82.8 Å². The van der Waals surface area contributed by atoms with Crippen LogP contribution in [0.2, 0.25) is 0 Å². The molecule has 1 aliphatic heterocycles. The van der Waals surface area contributed by atoms with Gasteiger partial charge in [-0.3, -0.25) is 4.79 Å². The Morgan fingerprint density at radius 3 is 3.14 bits per heavy atom. The Bertz CT molecular complexity index is 171. The van der Waals surface area contributed by atoms with E-state index in [-0.39, 0.29) is 6.42 Å². The zero-order valence-corrected chi connectivity index (χ0v) is 8.03. The van der Waals surface area contributed by atoms with E-state index in [0.29, 0.717) is 19.1 Å². The zero-order chi connectivity index (χ0) is 10.2. The van der Waals surface area contributed by atoms with E-state index in [1.165, 1.54) is 0 Å². The molecule has 0 amide bonds. The number of carbonyl (C=O) groups is 1. The molecule has 0 bridgehead atoms. The highest BCUT2D eigenvalue weighted by Crippen LogP contribution is 2.12. The summed E-state index contributed by atoms with van der Waals surface area (Å²) in [4.78, 5) is 15.1. The summed E-state index contributed by atoms with van der Waals surface area (Å²) < 4.78 is 10.5. The normalized spacial score (nSPS) is 21.1.